The van der Waals surface area contributed by atoms with E-state index in [0.717, 1.165) is 12.3 Å². The summed E-state index contributed by atoms with van der Waals surface area (Å²) in [5.41, 5.74) is 4.42. The number of benzene rings is 1. The lowest BCUT2D eigenvalue weighted by Gasteiger charge is -2.33. The van der Waals surface area contributed by atoms with E-state index >= 15 is 0 Å². The van der Waals surface area contributed by atoms with Gasteiger partial charge < -0.3 is 10.1 Å². The van der Waals surface area contributed by atoms with E-state index in [1.54, 1.807) is 7.11 Å². The number of fused-ring (bicyclic) bond motifs is 2. The van der Waals surface area contributed by atoms with E-state index in [4.69, 9.17) is 4.74 Å². The number of rotatable bonds is 2. The van der Waals surface area contributed by atoms with Crippen molar-refractivity contribution in [3.63, 3.8) is 0 Å². The molecule has 2 aliphatic rings. The van der Waals surface area contributed by atoms with Crippen LogP contribution >= 0.6 is 0 Å². The second-order valence-electron chi connectivity index (χ2n) is 5.83. The lowest BCUT2D eigenvalue weighted by molar-refractivity contribution is 0.410. The first-order valence-electron chi connectivity index (χ1n) is 7.14. The van der Waals surface area contributed by atoms with Crippen LogP contribution in [0.4, 0.5) is 0 Å². The summed E-state index contributed by atoms with van der Waals surface area (Å²) in [6.07, 6.45) is 6.33. The Balaban J connectivity index is 1.83. The molecule has 1 unspecified atom stereocenters. The Kier molecular flexibility index (Phi) is 2.57. The van der Waals surface area contributed by atoms with Crippen molar-refractivity contribution in [2.75, 3.05) is 13.7 Å². The van der Waals surface area contributed by atoms with Gasteiger partial charge in [-0.05, 0) is 47.7 Å². The van der Waals surface area contributed by atoms with Crippen LogP contribution in [0.3, 0.4) is 0 Å². The van der Waals surface area contributed by atoms with Crippen LogP contribution in [0.15, 0.2) is 42.7 Å². The molecule has 1 saturated carbocycles. The number of hydrogen-bond donors (Lipinski definition) is 1. The van der Waals surface area contributed by atoms with Crippen molar-refractivity contribution < 1.29 is 4.74 Å². The topological polar surface area (TPSA) is 34.1 Å². The van der Waals surface area contributed by atoms with Gasteiger partial charge in [0.05, 0.1) is 13.2 Å². The van der Waals surface area contributed by atoms with E-state index in [0.29, 0.717) is 5.41 Å². The smallest absolute Gasteiger partial charge is 0.119 e. The second-order valence-corrected chi connectivity index (χ2v) is 5.83. The standard InChI is InChI=1S/C17H18N2O/c1-20-13-4-5-14-15(9-13)17(6-7-17)11-19-16(14)12-3-2-8-18-10-12/h2-5,8-10,16,19H,6-7,11H2,1H3. The molecular weight excluding hydrogens is 248 g/mol. The van der Waals surface area contributed by atoms with Crippen LogP contribution in [0, 0.1) is 0 Å². The SMILES string of the molecule is COc1ccc2c(c1)C1(CC1)CNC2c1cccnc1. The van der Waals surface area contributed by atoms with Crippen molar-refractivity contribution in [3.8, 4) is 5.75 Å². The highest BCUT2D eigenvalue weighted by Gasteiger charge is 2.49. The molecule has 1 aromatic heterocycles. The fourth-order valence-corrected chi connectivity index (χ4v) is 3.32. The normalized spacial score (nSPS) is 22.4. The first-order chi connectivity index (χ1) is 9.82. The van der Waals surface area contributed by atoms with Gasteiger partial charge in [0, 0.05) is 24.4 Å². The number of aromatic nitrogens is 1. The summed E-state index contributed by atoms with van der Waals surface area (Å²) in [4.78, 5) is 4.25. The summed E-state index contributed by atoms with van der Waals surface area (Å²) in [7, 11) is 1.74. The van der Waals surface area contributed by atoms with Crippen molar-refractivity contribution in [3.05, 3.63) is 59.4 Å². The molecule has 2 aromatic rings. The molecule has 1 aliphatic heterocycles. The van der Waals surface area contributed by atoms with Crippen molar-refractivity contribution in [1.82, 2.24) is 10.3 Å². The maximum Gasteiger partial charge on any atom is 0.119 e. The minimum absolute atomic E-state index is 0.246. The van der Waals surface area contributed by atoms with Crippen LogP contribution in [0.5, 0.6) is 5.75 Å². The van der Waals surface area contributed by atoms with Gasteiger partial charge in [0.15, 0.2) is 0 Å². The van der Waals surface area contributed by atoms with Gasteiger partial charge in [0.2, 0.25) is 0 Å². The zero-order valence-corrected chi connectivity index (χ0v) is 11.6. The van der Waals surface area contributed by atoms with E-state index in [-0.39, 0.29) is 6.04 Å². The van der Waals surface area contributed by atoms with Gasteiger partial charge in [-0.2, -0.15) is 0 Å². The molecule has 4 rings (SSSR count). The van der Waals surface area contributed by atoms with Crippen molar-refractivity contribution in [2.24, 2.45) is 0 Å². The molecule has 0 radical (unpaired) electrons. The second kappa shape index (κ2) is 4.32. The predicted molar refractivity (Wildman–Crippen MR) is 78.0 cm³/mol. The summed E-state index contributed by atoms with van der Waals surface area (Å²) in [5.74, 6) is 0.960. The lowest BCUT2D eigenvalue weighted by Crippen LogP contribution is -2.38. The molecule has 0 saturated heterocycles. The lowest BCUT2D eigenvalue weighted by atomic mass is 9.82. The molecule has 3 nitrogen and oxygen atoms in total. The molecular formula is C17H18N2O. The van der Waals surface area contributed by atoms with Gasteiger partial charge >= 0.3 is 0 Å². The number of ether oxygens (including phenoxy) is 1. The van der Waals surface area contributed by atoms with Gasteiger partial charge in [0.25, 0.3) is 0 Å². The van der Waals surface area contributed by atoms with E-state index < -0.39 is 0 Å². The number of nitrogens with one attached hydrogen (secondary N) is 1. The average Bonchev–Trinajstić information content (AvgIpc) is 3.29. The Hall–Kier alpha value is -1.87. The van der Waals surface area contributed by atoms with E-state index in [9.17, 15) is 0 Å². The highest BCUT2D eigenvalue weighted by molar-refractivity contribution is 5.50. The molecule has 1 spiro atoms. The summed E-state index contributed by atoms with van der Waals surface area (Å²) >= 11 is 0. The highest BCUT2D eigenvalue weighted by Crippen LogP contribution is 2.53. The summed E-state index contributed by atoms with van der Waals surface area (Å²) in [6.45, 7) is 1.05. The zero-order chi connectivity index (χ0) is 13.6. The number of hydrogen-bond acceptors (Lipinski definition) is 3. The average molecular weight is 266 g/mol. The third-order valence-corrected chi connectivity index (χ3v) is 4.66. The third kappa shape index (κ3) is 1.74. The monoisotopic (exact) mass is 266 g/mol. The van der Waals surface area contributed by atoms with Crippen molar-refractivity contribution in [1.29, 1.82) is 0 Å². The van der Waals surface area contributed by atoms with Gasteiger partial charge in [0.1, 0.15) is 5.75 Å². The third-order valence-electron chi connectivity index (χ3n) is 4.66. The number of nitrogens with zero attached hydrogens (tertiary/aromatic N) is 1. The van der Waals surface area contributed by atoms with Crippen LogP contribution in [-0.4, -0.2) is 18.6 Å². The number of pyridine rings is 1. The van der Waals surface area contributed by atoms with Gasteiger partial charge in [-0.15, -0.1) is 0 Å². The maximum absolute atomic E-state index is 5.41. The quantitative estimate of drug-likeness (QED) is 0.907. The van der Waals surface area contributed by atoms with Crippen LogP contribution in [-0.2, 0) is 5.41 Å². The van der Waals surface area contributed by atoms with E-state index in [2.05, 4.69) is 34.6 Å². The molecule has 1 aliphatic carbocycles. The highest BCUT2D eigenvalue weighted by atomic mass is 16.5. The molecule has 2 heterocycles. The molecule has 1 N–H and O–H groups in total. The van der Waals surface area contributed by atoms with Crippen molar-refractivity contribution >= 4 is 0 Å². The maximum atomic E-state index is 5.41. The van der Waals surface area contributed by atoms with Crippen LogP contribution in [0.1, 0.15) is 35.6 Å². The molecule has 0 amide bonds. The molecule has 20 heavy (non-hydrogen) atoms. The van der Waals surface area contributed by atoms with Gasteiger partial charge in [-0.25, -0.2) is 0 Å². The minimum atomic E-state index is 0.246. The van der Waals surface area contributed by atoms with Crippen LogP contribution in [0.2, 0.25) is 0 Å². The first-order valence-corrected chi connectivity index (χ1v) is 7.14. The molecule has 102 valence electrons. The minimum Gasteiger partial charge on any atom is -0.497 e. The molecule has 3 heteroatoms. The van der Waals surface area contributed by atoms with Crippen molar-refractivity contribution in [2.45, 2.75) is 24.3 Å². The fourth-order valence-electron chi connectivity index (χ4n) is 3.32. The van der Waals surface area contributed by atoms with Crippen LogP contribution in [0.25, 0.3) is 0 Å². The first kappa shape index (κ1) is 11.9. The molecule has 1 fully saturated rings. The molecule has 1 atom stereocenters. The van der Waals surface area contributed by atoms with Gasteiger partial charge in [-0.1, -0.05) is 12.1 Å². The Labute approximate surface area is 119 Å². The fraction of sp³-hybridized carbons (Fsp3) is 0.353. The summed E-state index contributed by atoms with van der Waals surface area (Å²) in [5, 5.41) is 3.70. The Morgan fingerprint density at radius 2 is 2.20 bits per heavy atom. The number of methoxy groups -OCH3 is 1. The Morgan fingerprint density at radius 1 is 1.30 bits per heavy atom. The van der Waals surface area contributed by atoms with Crippen LogP contribution < -0.4 is 10.1 Å². The van der Waals surface area contributed by atoms with E-state index in [1.165, 1.54) is 29.5 Å². The predicted octanol–water partition coefficient (Wildman–Crippen LogP) is 2.81. The van der Waals surface area contributed by atoms with E-state index in [1.807, 2.05) is 18.5 Å². The molecule has 0 bridgehead atoms. The van der Waals surface area contributed by atoms with Gasteiger partial charge in [-0.3, -0.25) is 4.98 Å². The Morgan fingerprint density at radius 3 is 2.90 bits per heavy atom. The molecule has 1 aromatic carbocycles. The Bertz CT molecular complexity index is 635. The zero-order valence-electron chi connectivity index (χ0n) is 11.6. The largest absolute Gasteiger partial charge is 0.497 e. The summed E-state index contributed by atoms with van der Waals surface area (Å²) < 4.78 is 5.41. The summed E-state index contributed by atoms with van der Waals surface area (Å²) in [6, 6.07) is 10.9.